The fourth-order valence-corrected chi connectivity index (χ4v) is 4.90. The Bertz CT molecular complexity index is 1080. The van der Waals surface area contributed by atoms with Gasteiger partial charge in [0.25, 0.3) is 12.3 Å². The van der Waals surface area contributed by atoms with Crippen molar-refractivity contribution in [3.63, 3.8) is 0 Å². The van der Waals surface area contributed by atoms with Crippen molar-refractivity contribution in [2.75, 3.05) is 13.1 Å². The highest BCUT2D eigenvalue weighted by Gasteiger charge is 2.36. The molecule has 1 atom stereocenters. The number of alkyl halides is 2. The van der Waals surface area contributed by atoms with E-state index >= 15 is 0 Å². The van der Waals surface area contributed by atoms with Crippen LogP contribution in [-0.2, 0) is 24.2 Å². The van der Waals surface area contributed by atoms with Crippen LogP contribution < -0.4 is 0 Å². The highest BCUT2D eigenvalue weighted by molar-refractivity contribution is 6.30. The molecule has 1 saturated heterocycles. The smallest absolute Gasteiger partial charge is 0.410 e. The van der Waals surface area contributed by atoms with Crippen molar-refractivity contribution in [1.29, 1.82) is 0 Å². The Morgan fingerprint density at radius 3 is 2.74 bits per heavy atom. The minimum atomic E-state index is -2.55. The Balaban J connectivity index is 1.59. The third kappa shape index (κ3) is 5.35. The zero-order chi connectivity index (χ0) is 24.6. The number of rotatable bonds is 4. The standard InChI is InChI=1S/C24H29ClF2N4O3/c1-24(2,3)34-23(33)31-7-4-5-20(31)18-10-17(25)9-15-6-8-29(13-19(15)18)22(32)16-11-28-30(12-16)14-21(26)27/h9-12,20-21H,4-8,13-14H2,1-3H3/t20-/m0/s1. The molecule has 2 amide bonds. The lowest BCUT2D eigenvalue weighted by atomic mass is 9.90. The molecule has 3 heterocycles. The molecule has 2 aliphatic rings. The van der Waals surface area contributed by atoms with Gasteiger partial charge in [-0.2, -0.15) is 5.10 Å². The minimum absolute atomic E-state index is 0.189. The van der Waals surface area contributed by atoms with Crippen LogP contribution in [0.15, 0.2) is 24.5 Å². The maximum atomic E-state index is 13.1. The van der Waals surface area contributed by atoms with Gasteiger partial charge in [-0.15, -0.1) is 0 Å². The van der Waals surface area contributed by atoms with Gasteiger partial charge in [-0.25, -0.2) is 13.6 Å². The lowest BCUT2D eigenvalue weighted by Gasteiger charge is -2.34. The molecule has 0 saturated carbocycles. The quantitative estimate of drug-likeness (QED) is 0.595. The van der Waals surface area contributed by atoms with E-state index in [1.807, 2.05) is 32.9 Å². The van der Waals surface area contributed by atoms with E-state index in [2.05, 4.69) is 5.10 Å². The molecule has 2 aliphatic heterocycles. The molecule has 0 aliphatic carbocycles. The number of amides is 2. The number of benzene rings is 1. The van der Waals surface area contributed by atoms with Gasteiger partial charge in [-0.3, -0.25) is 9.48 Å². The fraction of sp³-hybridized carbons (Fsp3) is 0.542. The summed E-state index contributed by atoms with van der Waals surface area (Å²) in [5.74, 6) is -0.262. The van der Waals surface area contributed by atoms with E-state index in [1.165, 1.54) is 12.4 Å². The molecule has 1 aromatic heterocycles. The number of carbonyl (C=O) groups excluding carboxylic acids is 2. The summed E-state index contributed by atoms with van der Waals surface area (Å²) in [7, 11) is 0. The zero-order valence-corrected chi connectivity index (χ0v) is 20.3. The third-order valence-corrected chi connectivity index (χ3v) is 6.29. The molecular weight excluding hydrogens is 466 g/mol. The van der Waals surface area contributed by atoms with Gasteiger partial charge in [0, 0.05) is 30.9 Å². The largest absolute Gasteiger partial charge is 0.444 e. The van der Waals surface area contributed by atoms with Crippen molar-refractivity contribution >= 4 is 23.6 Å². The van der Waals surface area contributed by atoms with Crippen LogP contribution in [0.25, 0.3) is 0 Å². The van der Waals surface area contributed by atoms with Gasteiger partial charge in [0.1, 0.15) is 12.1 Å². The molecule has 0 N–H and O–H groups in total. The first-order chi connectivity index (χ1) is 16.0. The van der Waals surface area contributed by atoms with Gasteiger partial charge in [-0.05, 0) is 68.9 Å². The van der Waals surface area contributed by atoms with Crippen molar-refractivity contribution in [2.45, 2.75) is 71.2 Å². The van der Waals surface area contributed by atoms with Crippen LogP contribution in [0.5, 0.6) is 0 Å². The molecule has 2 aromatic rings. The summed E-state index contributed by atoms with van der Waals surface area (Å²) in [5.41, 5.74) is 2.63. The molecule has 4 rings (SSSR count). The molecule has 0 radical (unpaired) electrons. The lowest BCUT2D eigenvalue weighted by Crippen LogP contribution is -2.39. The maximum absolute atomic E-state index is 13.1. The molecule has 34 heavy (non-hydrogen) atoms. The summed E-state index contributed by atoms with van der Waals surface area (Å²) in [6.45, 7) is 6.37. The van der Waals surface area contributed by atoms with E-state index in [9.17, 15) is 18.4 Å². The highest BCUT2D eigenvalue weighted by atomic mass is 35.5. The summed E-state index contributed by atoms with van der Waals surface area (Å²) in [4.78, 5) is 29.4. The Morgan fingerprint density at radius 1 is 1.26 bits per heavy atom. The molecule has 184 valence electrons. The second-order valence-electron chi connectivity index (χ2n) is 9.78. The van der Waals surface area contributed by atoms with Crippen LogP contribution in [0, 0.1) is 0 Å². The van der Waals surface area contributed by atoms with Crippen LogP contribution in [0.4, 0.5) is 13.6 Å². The second-order valence-corrected chi connectivity index (χ2v) is 10.2. The number of nitrogens with zero attached hydrogens (tertiary/aromatic N) is 4. The van der Waals surface area contributed by atoms with E-state index in [0.717, 1.165) is 34.2 Å². The number of ether oxygens (including phenoxy) is 1. The summed E-state index contributed by atoms with van der Waals surface area (Å²) in [5, 5.41) is 4.48. The number of likely N-dealkylation sites (tertiary alicyclic amines) is 1. The first-order valence-corrected chi connectivity index (χ1v) is 11.8. The van der Waals surface area contributed by atoms with Crippen molar-refractivity contribution in [2.24, 2.45) is 0 Å². The Kier molecular flexibility index (Phi) is 6.85. The van der Waals surface area contributed by atoms with Crippen LogP contribution in [0.2, 0.25) is 5.02 Å². The average Bonchev–Trinajstić information content (AvgIpc) is 3.40. The average molecular weight is 495 g/mol. The van der Waals surface area contributed by atoms with Crippen molar-refractivity contribution < 1.29 is 23.1 Å². The predicted octanol–water partition coefficient (Wildman–Crippen LogP) is 5.07. The van der Waals surface area contributed by atoms with Crippen LogP contribution in [0.1, 0.15) is 66.7 Å². The number of fused-ring (bicyclic) bond motifs is 1. The SMILES string of the molecule is CC(C)(C)OC(=O)N1CCC[C@H]1c1cc(Cl)cc2c1CN(C(=O)c1cnn(CC(F)F)c1)CC2. The van der Waals surface area contributed by atoms with E-state index in [4.69, 9.17) is 16.3 Å². The van der Waals surface area contributed by atoms with E-state index in [0.29, 0.717) is 31.1 Å². The summed E-state index contributed by atoms with van der Waals surface area (Å²) in [6.07, 6.45) is 2.00. The Morgan fingerprint density at radius 2 is 2.03 bits per heavy atom. The summed E-state index contributed by atoms with van der Waals surface area (Å²) in [6, 6.07) is 3.60. The maximum Gasteiger partial charge on any atom is 0.410 e. The molecule has 10 heteroatoms. The number of aromatic nitrogens is 2. The Hall–Kier alpha value is -2.68. The van der Waals surface area contributed by atoms with Crippen LogP contribution >= 0.6 is 11.6 Å². The molecular formula is C24H29ClF2N4O3. The predicted molar refractivity (Wildman–Crippen MR) is 123 cm³/mol. The van der Waals surface area contributed by atoms with Gasteiger partial charge in [0.2, 0.25) is 0 Å². The molecule has 0 unspecified atom stereocenters. The molecule has 7 nitrogen and oxygen atoms in total. The van der Waals surface area contributed by atoms with Crippen LogP contribution in [0.3, 0.4) is 0 Å². The van der Waals surface area contributed by atoms with Gasteiger partial charge in [0.05, 0.1) is 17.8 Å². The monoisotopic (exact) mass is 494 g/mol. The van der Waals surface area contributed by atoms with Gasteiger partial charge in [-0.1, -0.05) is 11.6 Å². The number of hydrogen-bond donors (Lipinski definition) is 0. The lowest BCUT2D eigenvalue weighted by molar-refractivity contribution is 0.0222. The van der Waals surface area contributed by atoms with Gasteiger partial charge < -0.3 is 14.5 Å². The first kappa shape index (κ1) is 24.4. The normalized spacial score (nSPS) is 18.4. The molecule has 0 spiro atoms. The molecule has 0 bridgehead atoms. The first-order valence-electron chi connectivity index (χ1n) is 11.4. The van der Waals surface area contributed by atoms with Gasteiger partial charge >= 0.3 is 6.09 Å². The van der Waals surface area contributed by atoms with Gasteiger partial charge in [0.15, 0.2) is 0 Å². The van der Waals surface area contributed by atoms with E-state index in [1.54, 1.807) is 9.80 Å². The van der Waals surface area contributed by atoms with Crippen molar-refractivity contribution in [3.8, 4) is 0 Å². The number of hydrogen-bond acceptors (Lipinski definition) is 4. The highest BCUT2D eigenvalue weighted by Crippen LogP contribution is 2.39. The fourth-order valence-electron chi connectivity index (χ4n) is 4.66. The second kappa shape index (κ2) is 9.52. The topological polar surface area (TPSA) is 67.7 Å². The molecule has 1 aromatic carbocycles. The summed E-state index contributed by atoms with van der Waals surface area (Å²) >= 11 is 6.45. The number of carbonyl (C=O) groups is 2. The zero-order valence-electron chi connectivity index (χ0n) is 19.6. The van der Waals surface area contributed by atoms with E-state index in [-0.39, 0.29) is 23.6 Å². The van der Waals surface area contributed by atoms with E-state index < -0.39 is 18.6 Å². The molecule has 1 fully saturated rings. The number of halogens is 3. The minimum Gasteiger partial charge on any atom is -0.444 e. The van der Waals surface area contributed by atoms with Crippen LogP contribution in [-0.4, -0.2) is 56.7 Å². The Labute approximate surface area is 202 Å². The third-order valence-electron chi connectivity index (χ3n) is 6.07. The summed E-state index contributed by atoms with van der Waals surface area (Å²) < 4.78 is 32.0. The van der Waals surface area contributed by atoms with Crippen molar-refractivity contribution in [1.82, 2.24) is 19.6 Å². The van der Waals surface area contributed by atoms with Crippen molar-refractivity contribution in [3.05, 3.63) is 51.8 Å².